The monoisotopic (exact) mass is 278 g/mol. The summed E-state index contributed by atoms with van der Waals surface area (Å²) < 4.78 is 11.5. The van der Waals surface area contributed by atoms with Crippen LogP contribution in [0.5, 0.6) is 5.75 Å². The van der Waals surface area contributed by atoms with E-state index in [1.54, 1.807) is 0 Å². The first kappa shape index (κ1) is 15.3. The van der Waals surface area contributed by atoms with Crippen LogP contribution in [-0.2, 0) is 11.3 Å². The largest absolute Gasteiger partial charge is 0.494 e. The molecule has 1 aliphatic rings. The van der Waals surface area contributed by atoms with Gasteiger partial charge in [0, 0.05) is 26.2 Å². The molecule has 1 saturated heterocycles. The first-order valence-electron chi connectivity index (χ1n) is 7.47. The standard InChI is InChI=1S/C16H26N2O2/c1-13-11-18(12-14(2)20-13)7-4-8-19-16-6-3-5-15(9-16)10-17/h3,5-6,9,13-14H,4,7-8,10-12,17H2,1-2H3. The predicted octanol–water partition coefficient (Wildman–Crippen LogP) is 2.02. The van der Waals surface area contributed by atoms with E-state index in [0.717, 1.165) is 44.0 Å². The molecular weight excluding hydrogens is 252 g/mol. The Kier molecular flexibility index (Phi) is 5.83. The quantitative estimate of drug-likeness (QED) is 0.809. The molecule has 0 amide bonds. The lowest BCUT2D eigenvalue weighted by molar-refractivity contribution is -0.0686. The summed E-state index contributed by atoms with van der Waals surface area (Å²) in [6, 6.07) is 8.00. The van der Waals surface area contributed by atoms with Gasteiger partial charge in [0.05, 0.1) is 18.8 Å². The topological polar surface area (TPSA) is 47.7 Å². The predicted molar refractivity (Wildman–Crippen MR) is 80.9 cm³/mol. The van der Waals surface area contributed by atoms with Crippen LogP contribution in [0.15, 0.2) is 24.3 Å². The minimum absolute atomic E-state index is 0.334. The lowest BCUT2D eigenvalue weighted by Crippen LogP contribution is -2.45. The summed E-state index contributed by atoms with van der Waals surface area (Å²) in [5.41, 5.74) is 6.73. The van der Waals surface area contributed by atoms with Crippen molar-refractivity contribution < 1.29 is 9.47 Å². The van der Waals surface area contributed by atoms with Gasteiger partial charge in [-0.25, -0.2) is 0 Å². The van der Waals surface area contributed by atoms with E-state index in [1.165, 1.54) is 0 Å². The Morgan fingerprint density at radius 1 is 1.30 bits per heavy atom. The summed E-state index contributed by atoms with van der Waals surface area (Å²) in [5.74, 6) is 0.914. The molecule has 2 unspecified atom stereocenters. The summed E-state index contributed by atoms with van der Waals surface area (Å²) in [5, 5.41) is 0. The van der Waals surface area contributed by atoms with Gasteiger partial charge >= 0.3 is 0 Å². The van der Waals surface area contributed by atoms with Crippen LogP contribution in [0.1, 0.15) is 25.8 Å². The maximum absolute atomic E-state index is 5.78. The first-order valence-corrected chi connectivity index (χ1v) is 7.47. The zero-order valence-electron chi connectivity index (χ0n) is 12.5. The first-order chi connectivity index (χ1) is 9.67. The molecule has 0 spiro atoms. The van der Waals surface area contributed by atoms with Gasteiger partial charge in [0.2, 0.25) is 0 Å². The number of nitrogens with two attached hydrogens (primary N) is 1. The highest BCUT2D eigenvalue weighted by Crippen LogP contribution is 2.14. The average Bonchev–Trinajstić information content (AvgIpc) is 2.43. The third-order valence-electron chi connectivity index (χ3n) is 3.52. The Hall–Kier alpha value is -1.10. The van der Waals surface area contributed by atoms with E-state index in [4.69, 9.17) is 15.2 Å². The molecule has 0 radical (unpaired) electrons. The number of benzene rings is 1. The van der Waals surface area contributed by atoms with Crippen LogP contribution in [0.2, 0.25) is 0 Å². The van der Waals surface area contributed by atoms with Gasteiger partial charge in [-0.3, -0.25) is 4.90 Å². The molecule has 0 aliphatic carbocycles. The average molecular weight is 278 g/mol. The highest BCUT2D eigenvalue weighted by Gasteiger charge is 2.21. The lowest BCUT2D eigenvalue weighted by atomic mass is 10.2. The molecule has 2 atom stereocenters. The van der Waals surface area contributed by atoms with Gasteiger partial charge in [-0.15, -0.1) is 0 Å². The zero-order valence-corrected chi connectivity index (χ0v) is 12.5. The Morgan fingerprint density at radius 2 is 2.05 bits per heavy atom. The lowest BCUT2D eigenvalue weighted by Gasteiger charge is -2.35. The second-order valence-electron chi connectivity index (χ2n) is 5.57. The highest BCUT2D eigenvalue weighted by molar-refractivity contribution is 5.28. The van der Waals surface area contributed by atoms with Crippen LogP contribution in [0.3, 0.4) is 0 Å². The number of nitrogens with zero attached hydrogens (tertiary/aromatic N) is 1. The van der Waals surface area contributed by atoms with Crippen LogP contribution < -0.4 is 10.5 Å². The van der Waals surface area contributed by atoms with Crippen molar-refractivity contribution in [3.05, 3.63) is 29.8 Å². The molecule has 1 aromatic rings. The summed E-state index contributed by atoms with van der Waals surface area (Å²) in [7, 11) is 0. The van der Waals surface area contributed by atoms with Crippen molar-refractivity contribution in [3.63, 3.8) is 0 Å². The maximum atomic E-state index is 5.78. The van der Waals surface area contributed by atoms with Crippen LogP contribution in [-0.4, -0.2) is 43.3 Å². The molecule has 0 saturated carbocycles. The molecule has 20 heavy (non-hydrogen) atoms. The molecule has 2 rings (SSSR count). The van der Waals surface area contributed by atoms with Crippen molar-refractivity contribution in [2.24, 2.45) is 5.73 Å². The van der Waals surface area contributed by atoms with Crippen molar-refractivity contribution >= 4 is 0 Å². The molecular formula is C16H26N2O2. The third-order valence-corrected chi connectivity index (χ3v) is 3.52. The minimum Gasteiger partial charge on any atom is -0.494 e. The van der Waals surface area contributed by atoms with Crippen LogP contribution in [0, 0.1) is 0 Å². The van der Waals surface area contributed by atoms with Crippen molar-refractivity contribution in [2.75, 3.05) is 26.2 Å². The van der Waals surface area contributed by atoms with Crippen molar-refractivity contribution in [2.45, 2.75) is 39.0 Å². The number of ether oxygens (including phenoxy) is 2. The molecule has 1 aliphatic heterocycles. The number of morpholine rings is 1. The van der Waals surface area contributed by atoms with E-state index in [9.17, 15) is 0 Å². The van der Waals surface area contributed by atoms with E-state index < -0.39 is 0 Å². The van der Waals surface area contributed by atoms with Gasteiger partial charge in [0.25, 0.3) is 0 Å². The van der Waals surface area contributed by atoms with Crippen molar-refractivity contribution in [1.82, 2.24) is 4.90 Å². The van der Waals surface area contributed by atoms with Crippen LogP contribution in [0.4, 0.5) is 0 Å². The molecule has 2 N–H and O–H groups in total. The summed E-state index contributed by atoms with van der Waals surface area (Å²) in [6.45, 7) is 8.68. The maximum Gasteiger partial charge on any atom is 0.119 e. The van der Waals surface area contributed by atoms with Gasteiger partial charge in [0.1, 0.15) is 5.75 Å². The fourth-order valence-electron chi connectivity index (χ4n) is 2.71. The van der Waals surface area contributed by atoms with E-state index in [-0.39, 0.29) is 0 Å². The van der Waals surface area contributed by atoms with Crippen LogP contribution in [0.25, 0.3) is 0 Å². The van der Waals surface area contributed by atoms with Gasteiger partial charge < -0.3 is 15.2 Å². The summed E-state index contributed by atoms with van der Waals surface area (Å²) in [6.07, 6.45) is 1.70. The zero-order chi connectivity index (χ0) is 14.4. The molecule has 4 heteroatoms. The fourth-order valence-corrected chi connectivity index (χ4v) is 2.71. The highest BCUT2D eigenvalue weighted by atomic mass is 16.5. The molecule has 4 nitrogen and oxygen atoms in total. The molecule has 0 aromatic heterocycles. The van der Waals surface area contributed by atoms with Crippen molar-refractivity contribution in [3.8, 4) is 5.75 Å². The Labute approximate surface area is 121 Å². The second-order valence-corrected chi connectivity index (χ2v) is 5.57. The second kappa shape index (κ2) is 7.62. The van der Waals surface area contributed by atoms with Crippen LogP contribution >= 0.6 is 0 Å². The normalized spacial score (nSPS) is 23.8. The Morgan fingerprint density at radius 3 is 2.75 bits per heavy atom. The third kappa shape index (κ3) is 4.78. The number of hydrogen-bond donors (Lipinski definition) is 1. The van der Waals surface area contributed by atoms with E-state index >= 15 is 0 Å². The molecule has 0 bridgehead atoms. The number of hydrogen-bond acceptors (Lipinski definition) is 4. The summed E-state index contributed by atoms with van der Waals surface area (Å²) in [4.78, 5) is 2.46. The van der Waals surface area contributed by atoms with E-state index in [0.29, 0.717) is 18.8 Å². The number of rotatable bonds is 6. The van der Waals surface area contributed by atoms with Gasteiger partial charge in [-0.2, -0.15) is 0 Å². The molecule has 112 valence electrons. The summed E-state index contributed by atoms with van der Waals surface area (Å²) >= 11 is 0. The van der Waals surface area contributed by atoms with E-state index in [2.05, 4.69) is 18.7 Å². The minimum atomic E-state index is 0.334. The van der Waals surface area contributed by atoms with Gasteiger partial charge in [-0.1, -0.05) is 12.1 Å². The van der Waals surface area contributed by atoms with Crippen molar-refractivity contribution in [1.29, 1.82) is 0 Å². The molecule has 1 heterocycles. The smallest absolute Gasteiger partial charge is 0.119 e. The van der Waals surface area contributed by atoms with E-state index in [1.807, 2.05) is 24.3 Å². The molecule has 1 fully saturated rings. The fraction of sp³-hybridized carbons (Fsp3) is 0.625. The Bertz CT molecular complexity index is 401. The molecule has 1 aromatic carbocycles. The SMILES string of the molecule is CC1CN(CCCOc2cccc(CN)c2)CC(C)O1. The Balaban J connectivity index is 1.68. The van der Waals surface area contributed by atoms with Gasteiger partial charge in [-0.05, 0) is 38.0 Å². The van der Waals surface area contributed by atoms with Gasteiger partial charge in [0.15, 0.2) is 0 Å².